The van der Waals surface area contributed by atoms with Crippen molar-refractivity contribution in [1.29, 1.82) is 0 Å². The molecule has 1 atom stereocenters. The number of hydrogen-bond acceptors (Lipinski definition) is 2. The minimum atomic E-state index is -0.528. The van der Waals surface area contributed by atoms with Gasteiger partial charge in [0.25, 0.3) is 0 Å². The minimum absolute atomic E-state index is 0.333. The molecule has 0 bridgehead atoms. The van der Waals surface area contributed by atoms with E-state index in [1.54, 1.807) is 0 Å². The van der Waals surface area contributed by atoms with Gasteiger partial charge in [-0.3, -0.25) is 4.99 Å². The standard InChI is InChI=1S/C42H31NO/c1-3-12-30(13-4-1)34-26-27-39(43-29-34)32-24-22-31(23-25-32)33-14-11-17-36(28-33)42(35-15-5-2-6-16-35)37-18-7-9-20-40(37)44-41-21-10-8-19-38(41)42/h1-28,34H,29H2. The van der Waals surface area contributed by atoms with E-state index in [0.717, 1.165) is 40.4 Å². The van der Waals surface area contributed by atoms with E-state index in [0.29, 0.717) is 5.92 Å². The zero-order chi connectivity index (χ0) is 29.3. The van der Waals surface area contributed by atoms with Gasteiger partial charge in [0.1, 0.15) is 11.5 Å². The Morgan fingerprint density at radius 3 is 1.77 bits per heavy atom. The first-order valence-corrected chi connectivity index (χ1v) is 15.2. The van der Waals surface area contributed by atoms with E-state index in [2.05, 4.69) is 158 Å². The maximum atomic E-state index is 6.48. The molecule has 0 radical (unpaired) electrons. The average Bonchev–Trinajstić information content (AvgIpc) is 3.11. The lowest BCUT2D eigenvalue weighted by molar-refractivity contribution is 0.434. The molecule has 0 spiro atoms. The summed E-state index contributed by atoms with van der Waals surface area (Å²) >= 11 is 0. The molecule has 1 unspecified atom stereocenters. The van der Waals surface area contributed by atoms with Crippen LogP contribution in [0.15, 0.2) is 175 Å². The predicted octanol–water partition coefficient (Wildman–Crippen LogP) is 9.98. The molecule has 0 fully saturated rings. The zero-order valence-corrected chi connectivity index (χ0v) is 24.3. The second-order valence-corrected chi connectivity index (χ2v) is 11.5. The highest BCUT2D eigenvalue weighted by Gasteiger charge is 2.45. The van der Waals surface area contributed by atoms with E-state index >= 15 is 0 Å². The van der Waals surface area contributed by atoms with E-state index in [4.69, 9.17) is 9.73 Å². The molecule has 210 valence electrons. The summed E-state index contributed by atoms with van der Waals surface area (Å²) in [6.07, 6.45) is 4.45. The van der Waals surface area contributed by atoms with Crippen molar-refractivity contribution in [2.45, 2.75) is 11.3 Å². The Bertz CT molecular complexity index is 1960. The highest BCUT2D eigenvalue weighted by molar-refractivity contribution is 6.09. The SMILES string of the molecule is C1=CC(c2ccccc2)CN=C1c1ccc(-c2cccc(C3(c4ccccc4)c4ccccc4Oc4ccccc43)c2)cc1. The van der Waals surface area contributed by atoms with Crippen molar-refractivity contribution >= 4 is 5.71 Å². The number of aliphatic imine (C=N–C) groups is 1. The molecule has 0 amide bonds. The lowest BCUT2D eigenvalue weighted by Crippen LogP contribution is -2.34. The number of allylic oxidation sites excluding steroid dienone is 1. The van der Waals surface area contributed by atoms with E-state index in [-0.39, 0.29) is 0 Å². The molecule has 6 aromatic carbocycles. The average molecular weight is 566 g/mol. The number of para-hydroxylation sites is 2. The van der Waals surface area contributed by atoms with Crippen molar-refractivity contribution in [3.63, 3.8) is 0 Å². The van der Waals surface area contributed by atoms with Crippen LogP contribution in [0.3, 0.4) is 0 Å². The molecule has 0 saturated heterocycles. The Balaban J connectivity index is 1.19. The van der Waals surface area contributed by atoms with Crippen LogP contribution in [-0.2, 0) is 5.41 Å². The van der Waals surface area contributed by atoms with Gasteiger partial charge < -0.3 is 4.74 Å². The number of ether oxygens (including phenoxy) is 1. The number of hydrogen-bond donors (Lipinski definition) is 0. The van der Waals surface area contributed by atoms with Crippen LogP contribution in [0.25, 0.3) is 11.1 Å². The molecular weight excluding hydrogens is 534 g/mol. The van der Waals surface area contributed by atoms with E-state index < -0.39 is 5.41 Å². The number of benzene rings is 6. The zero-order valence-electron chi connectivity index (χ0n) is 24.3. The fourth-order valence-electron chi connectivity index (χ4n) is 6.86. The van der Waals surface area contributed by atoms with Gasteiger partial charge in [-0.1, -0.05) is 146 Å². The van der Waals surface area contributed by atoms with Crippen molar-refractivity contribution in [2.75, 3.05) is 6.54 Å². The van der Waals surface area contributed by atoms with Gasteiger partial charge in [0.05, 0.1) is 11.1 Å². The number of dihydropyridines is 1. The largest absolute Gasteiger partial charge is 0.457 e. The summed E-state index contributed by atoms with van der Waals surface area (Å²) in [4.78, 5) is 4.94. The van der Waals surface area contributed by atoms with Crippen molar-refractivity contribution < 1.29 is 4.74 Å². The van der Waals surface area contributed by atoms with Crippen LogP contribution in [0.1, 0.15) is 39.3 Å². The minimum Gasteiger partial charge on any atom is -0.457 e. The van der Waals surface area contributed by atoms with E-state index in [9.17, 15) is 0 Å². The molecule has 2 nitrogen and oxygen atoms in total. The Labute approximate surface area is 258 Å². The third-order valence-electron chi connectivity index (χ3n) is 8.99. The summed E-state index contributed by atoms with van der Waals surface area (Å²) in [6.45, 7) is 0.772. The fourth-order valence-corrected chi connectivity index (χ4v) is 6.86. The maximum Gasteiger partial charge on any atom is 0.132 e. The molecule has 8 rings (SSSR count). The summed E-state index contributed by atoms with van der Waals surface area (Å²) in [5.74, 6) is 2.11. The van der Waals surface area contributed by atoms with Gasteiger partial charge in [-0.2, -0.15) is 0 Å². The second-order valence-electron chi connectivity index (χ2n) is 11.5. The fraction of sp³-hybridized carbons (Fsp3) is 0.0714. The monoisotopic (exact) mass is 565 g/mol. The molecule has 0 aromatic heterocycles. The molecule has 2 heterocycles. The van der Waals surface area contributed by atoms with Crippen LogP contribution in [0.4, 0.5) is 0 Å². The molecular formula is C42H31NO. The van der Waals surface area contributed by atoms with Crippen molar-refractivity contribution in [2.24, 2.45) is 4.99 Å². The number of fused-ring (bicyclic) bond motifs is 2. The molecule has 6 aromatic rings. The molecule has 0 N–H and O–H groups in total. The van der Waals surface area contributed by atoms with Gasteiger partial charge in [0.2, 0.25) is 0 Å². The third kappa shape index (κ3) is 4.39. The van der Waals surface area contributed by atoms with Crippen LogP contribution in [0, 0.1) is 0 Å². The summed E-state index contributed by atoms with van der Waals surface area (Å²) in [7, 11) is 0. The van der Waals surface area contributed by atoms with Crippen molar-refractivity contribution in [1.82, 2.24) is 0 Å². The predicted molar refractivity (Wildman–Crippen MR) is 180 cm³/mol. The highest BCUT2D eigenvalue weighted by atomic mass is 16.5. The van der Waals surface area contributed by atoms with Crippen LogP contribution < -0.4 is 4.74 Å². The third-order valence-corrected chi connectivity index (χ3v) is 8.99. The first-order valence-electron chi connectivity index (χ1n) is 15.2. The molecule has 2 aliphatic heterocycles. The molecule has 2 heteroatoms. The summed E-state index contributed by atoms with van der Waals surface area (Å²) in [6, 6.07) is 56.1. The normalized spacial score (nSPS) is 16.3. The van der Waals surface area contributed by atoms with Gasteiger partial charge >= 0.3 is 0 Å². The molecule has 44 heavy (non-hydrogen) atoms. The van der Waals surface area contributed by atoms with Gasteiger partial charge in [-0.25, -0.2) is 0 Å². The van der Waals surface area contributed by atoms with Crippen LogP contribution in [-0.4, -0.2) is 12.3 Å². The summed E-state index contributed by atoms with van der Waals surface area (Å²) in [5, 5.41) is 0. The summed E-state index contributed by atoms with van der Waals surface area (Å²) < 4.78 is 6.48. The van der Waals surface area contributed by atoms with Gasteiger partial charge in [-0.15, -0.1) is 0 Å². The smallest absolute Gasteiger partial charge is 0.132 e. The Kier molecular flexibility index (Phi) is 6.53. The topological polar surface area (TPSA) is 21.6 Å². The summed E-state index contributed by atoms with van der Waals surface area (Å²) in [5.41, 5.74) is 10.0. The Morgan fingerprint density at radius 2 is 1.11 bits per heavy atom. The second kappa shape index (κ2) is 11.0. The Hall–Kier alpha value is -5.47. The molecule has 2 aliphatic rings. The van der Waals surface area contributed by atoms with E-state index in [1.807, 2.05) is 12.1 Å². The van der Waals surface area contributed by atoms with Gasteiger partial charge in [-0.05, 0) is 57.7 Å². The van der Waals surface area contributed by atoms with Crippen LogP contribution >= 0.6 is 0 Å². The number of rotatable bonds is 5. The van der Waals surface area contributed by atoms with Crippen LogP contribution in [0.5, 0.6) is 11.5 Å². The Morgan fingerprint density at radius 1 is 0.523 bits per heavy atom. The first-order chi connectivity index (χ1) is 21.8. The van der Waals surface area contributed by atoms with Crippen molar-refractivity contribution in [3.8, 4) is 22.6 Å². The quantitative estimate of drug-likeness (QED) is 0.203. The van der Waals surface area contributed by atoms with Crippen LogP contribution in [0.2, 0.25) is 0 Å². The maximum absolute atomic E-state index is 6.48. The molecule has 0 saturated carbocycles. The lowest BCUT2D eigenvalue weighted by atomic mass is 9.63. The van der Waals surface area contributed by atoms with Crippen molar-refractivity contribution in [3.05, 3.63) is 203 Å². The molecule has 0 aliphatic carbocycles. The first kappa shape index (κ1) is 26.2. The van der Waals surface area contributed by atoms with Gasteiger partial charge in [0.15, 0.2) is 0 Å². The lowest BCUT2D eigenvalue weighted by Gasteiger charge is -2.41. The van der Waals surface area contributed by atoms with E-state index in [1.165, 1.54) is 27.8 Å². The highest BCUT2D eigenvalue weighted by Crippen LogP contribution is 2.55. The van der Waals surface area contributed by atoms with Gasteiger partial charge in [0, 0.05) is 23.6 Å². The number of nitrogens with zero attached hydrogens (tertiary/aromatic N) is 1.